The molecule has 2 fully saturated rings. The SMILES string of the molecule is CN1CCN(c2ccccc2CNC(=O)C2CCN(C(=O)/C=C/c3ccccc3)CC2)CC1. The lowest BCUT2D eigenvalue weighted by atomic mass is 9.95. The molecule has 1 N–H and O–H groups in total. The van der Waals surface area contributed by atoms with Gasteiger partial charge in [0.1, 0.15) is 0 Å². The molecule has 2 amide bonds. The highest BCUT2D eigenvalue weighted by Gasteiger charge is 2.26. The molecule has 0 radical (unpaired) electrons. The molecule has 2 aliphatic rings. The van der Waals surface area contributed by atoms with Gasteiger partial charge in [0.15, 0.2) is 0 Å². The Morgan fingerprint density at radius 2 is 1.58 bits per heavy atom. The number of carbonyl (C=O) groups excluding carboxylic acids is 2. The average molecular weight is 447 g/mol. The van der Waals surface area contributed by atoms with Gasteiger partial charge in [-0.25, -0.2) is 0 Å². The first-order valence-electron chi connectivity index (χ1n) is 11.9. The number of benzene rings is 2. The highest BCUT2D eigenvalue weighted by Crippen LogP contribution is 2.23. The third kappa shape index (κ3) is 6.23. The molecule has 6 nitrogen and oxygen atoms in total. The topological polar surface area (TPSA) is 55.9 Å². The summed E-state index contributed by atoms with van der Waals surface area (Å²) in [5, 5.41) is 3.15. The van der Waals surface area contributed by atoms with E-state index in [0.717, 1.165) is 37.3 Å². The Kier molecular flexibility index (Phi) is 7.79. The summed E-state index contributed by atoms with van der Waals surface area (Å²) in [6.45, 7) is 5.90. The second-order valence-corrected chi connectivity index (χ2v) is 8.98. The van der Waals surface area contributed by atoms with Crippen LogP contribution >= 0.6 is 0 Å². The van der Waals surface area contributed by atoms with Gasteiger partial charge in [0.25, 0.3) is 0 Å². The van der Waals surface area contributed by atoms with Crippen LogP contribution in [0.2, 0.25) is 0 Å². The maximum atomic E-state index is 12.8. The summed E-state index contributed by atoms with van der Waals surface area (Å²) >= 11 is 0. The van der Waals surface area contributed by atoms with Gasteiger partial charge in [0.2, 0.25) is 11.8 Å². The molecule has 0 unspecified atom stereocenters. The summed E-state index contributed by atoms with van der Waals surface area (Å²) in [6, 6.07) is 18.2. The largest absolute Gasteiger partial charge is 0.369 e. The Morgan fingerprint density at radius 1 is 0.909 bits per heavy atom. The summed E-state index contributed by atoms with van der Waals surface area (Å²) in [7, 11) is 2.15. The van der Waals surface area contributed by atoms with Gasteiger partial charge in [-0.2, -0.15) is 0 Å². The minimum Gasteiger partial charge on any atom is -0.369 e. The molecule has 2 aromatic carbocycles. The summed E-state index contributed by atoms with van der Waals surface area (Å²) in [5.41, 5.74) is 3.39. The third-order valence-corrected chi connectivity index (χ3v) is 6.68. The number of likely N-dealkylation sites (N-methyl/N-ethyl adjacent to an activating group) is 1. The fourth-order valence-corrected chi connectivity index (χ4v) is 4.54. The number of piperidine rings is 1. The Morgan fingerprint density at radius 3 is 2.30 bits per heavy atom. The van der Waals surface area contributed by atoms with Gasteiger partial charge in [-0.3, -0.25) is 9.59 Å². The highest BCUT2D eigenvalue weighted by atomic mass is 16.2. The number of amides is 2. The second-order valence-electron chi connectivity index (χ2n) is 8.98. The Labute approximate surface area is 196 Å². The van der Waals surface area contributed by atoms with E-state index in [9.17, 15) is 9.59 Å². The van der Waals surface area contributed by atoms with Crippen LogP contribution in [0.1, 0.15) is 24.0 Å². The van der Waals surface area contributed by atoms with Crippen molar-refractivity contribution in [3.05, 3.63) is 71.8 Å². The van der Waals surface area contributed by atoms with Crippen LogP contribution in [0.3, 0.4) is 0 Å². The second kappa shape index (κ2) is 11.1. The fourth-order valence-electron chi connectivity index (χ4n) is 4.54. The van der Waals surface area contributed by atoms with Crippen molar-refractivity contribution >= 4 is 23.6 Å². The normalized spacial score (nSPS) is 18.0. The minimum absolute atomic E-state index is 0.0128. The molecule has 0 spiro atoms. The van der Waals surface area contributed by atoms with E-state index >= 15 is 0 Å². The summed E-state index contributed by atoms with van der Waals surface area (Å²) in [6.07, 6.45) is 4.89. The first-order valence-corrected chi connectivity index (χ1v) is 11.9. The Hall–Kier alpha value is -3.12. The predicted octanol–water partition coefficient (Wildman–Crippen LogP) is 3.01. The quantitative estimate of drug-likeness (QED) is 0.693. The van der Waals surface area contributed by atoms with E-state index in [4.69, 9.17) is 0 Å². The maximum absolute atomic E-state index is 12.8. The van der Waals surface area contributed by atoms with Crippen molar-refractivity contribution in [2.24, 2.45) is 5.92 Å². The average Bonchev–Trinajstić information content (AvgIpc) is 2.87. The van der Waals surface area contributed by atoms with Crippen LogP contribution in [0.15, 0.2) is 60.7 Å². The van der Waals surface area contributed by atoms with Crippen molar-refractivity contribution in [2.45, 2.75) is 19.4 Å². The molecule has 4 rings (SSSR count). The number of nitrogens with zero attached hydrogens (tertiary/aromatic N) is 3. The molecule has 0 saturated carbocycles. The van der Waals surface area contributed by atoms with E-state index in [1.807, 2.05) is 47.4 Å². The molecular weight excluding hydrogens is 412 g/mol. The number of piperazine rings is 1. The molecule has 174 valence electrons. The summed E-state index contributed by atoms with van der Waals surface area (Å²) in [5.74, 6) is 0.0665. The van der Waals surface area contributed by atoms with E-state index < -0.39 is 0 Å². The first kappa shape index (κ1) is 23.1. The molecule has 2 aliphatic heterocycles. The van der Waals surface area contributed by atoms with E-state index in [-0.39, 0.29) is 17.7 Å². The van der Waals surface area contributed by atoms with Gasteiger partial charge in [0, 0.05) is 63.5 Å². The number of anilines is 1. The van der Waals surface area contributed by atoms with E-state index in [0.29, 0.717) is 32.5 Å². The van der Waals surface area contributed by atoms with Crippen LogP contribution in [0.5, 0.6) is 0 Å². The molecule has 0 aliphatic carbocycles. The molecule has 0 atom stereocenters. The van der Waals surface area contributed by atoms with Crippen molar-refractivity contribution in [3.63, 3.8) is 0 Å². The minimum atomic E-state index is -0.0389. The molecule has 2 heterocycles. The van der Waals surface area contributed by atoms with Crippen molar-refractivity contribution in [2.75, 3.05) is 51.2 Å². The fraction of sp³-hybridized carbons (Fsp3) is 0.407. The molecule has 0 aromatic heterocycles. The maximum Gasteiger partial charge on any atom is 0.246 e. The van der Waals surface area contributed by atoms with Gasteiger partial charge in [-0.05, 0) is 43.2 Å². The number of rotatable bonds is 6. The molecule has 0 bridgehead atoms. The van der Waals surface area contributed by atoms with Crippen molar-refractivity contribution in [3.8, 4) is 0 Å². The van der Waals surface area contributed by atoms with Crippen LogP contribution in [-0.2, 0) is 16.1 Å². The van der Waals surface area contributed by atoms with Crippen molar-refractivity contribution in [1.82, 2.24) is 15.1 Å². The number of para-hydroxylation sites is 1. The lowest BCUT2D eigenvalue weighted by Crippen LogP contribution is -2.45. The number of hydrogen-bond acceptors (Lipinski definition) is 4. The Bertz CT molecular complexity index is 959. The Balaban J connectivity index is 1.25. The van der Waals surface area contributed by atoms with E-state index in [1.165, 1.54) is 5.69 Å². The number of hydrogen-bond donors (Lipinski definition) is 1. The number of nitrogens with one attached hydrogen (secondary N) is 1. The van der Waals surface area contributed by atoms with E-state index in [2.05, 4.69) is 40.4 Å². The number of carbonyl (C=O) groups is 2. The van der Waals surface area contributed by atoms with Crippen molar-refractivity contribution in [1.29, 1.82) is 0 Å². The molecule has 2 saturated heterocycles. The summed E-state index contributed by atoms with van der Waals surface area (Å²) in [4.78, 5) is 31.9. The lowest BCUT2D eigenvalue weighted by molar-refractivity contribution is -0.132. The van der Waals surface area contributed by atoms with Gasteiger partial charge in [0.05, 0.1) is 0 Å². The van der Waals surface area contributed by atoms with Crippen LogP contribution in [0.4, 0.5) is 5.69 Å². The molecule has 33 heavy (non-hydrogen) atoms. The standard InChI is InChI=1S/C27H34N4O2/c1-29-17-19-30(20-18-29)25-10-6-5-9-24(25)21-28-27(33)23-13-15-31(16-14-23)26(32)12-11-22-7-3-2-4-8-22/h2-12,23H,13-21H2,1H3,(H,28,33)/b12-11+. The molecular formula is C27H34N4O2. The van der Waals surface area contributed by atoms with Gasteiger partial charge < -0.3 is 20.0 Å². The van der Waals surface area contributed by atoms with Crippen molar-refractivity contribution < 1.29 is 9.59 Å². The molecule has 6 heteroatoms. The lowest BCUT2D eigenvalue weighted by Gasteiger charge is -2.35. The third-order valence-electron chi connectivity index (χ3n) is 6.68. The zero-order valence-corrected chi connectivity index (χ0v) is 19.5. The van der Waals surface area contributed by atoms with Crippen LogP contribution in [0.25, 0.3) is 6.08 Å². The monoisotopic (exact) mass is 446 g/mol. The smallest absolute Gasteiger partial charge is 0.246 e. The summed E-state index contributed by atoms with van der Waals surface area (Å²) < 4.78 is 0. The molecule has 2 aromatic rings. The van der Waals surface area contributed by atoms with Gasteiger partial charge in [-0.1, -0.05) is 48.5 Å². The highest BCUT2D eigenvalue weighted by molar-refractivity contribution is 5.92. The van der Waals surface area contributed by atoms with Crippen LogP contribution in [-0.4, -0.2) is 67.9 Å². The van der Waals surface area contributed by atoms with Gasteiger partial charge in [-0.15, -0.1) is 0 Å². The zero-order valence-electron chi connectivity index (χ0n) is 19.5. The van der Waals surface area contributed by atoms with E-state index in [1.54, 1.807) is 6.08 Å². The number of likely N-dealkylation sites (tertiary alicyclic amines) is 1. The van der Waals surface area contributed by atoms with Gasteiger partial charge >= 0.3 is 0 Å². The van der Waals surface area contributed by atoms with Crippen LogP contribution < -0.4 is 10.2 Å². The first-order chi connectivity index (χ1) is 16.1. The zero-order chi connectivity index (χ0) is 23.0. The predicted molar refractivity (Wildman–Crippen MR) is 133 cm³/mol. The van der Waals surface area contributed by atoms with Crippen LogP contribution in [0, 0.1) is 5.92 Å².